The first-order chi connectivity index (χ1) is 10.2. The molecule has 0 unspecified atom stereocenters. The third-order valence-electron chi connectivity index (χ3n) is 3.55. The topological polar surface area (TPSA) is 109 Å². The molecular weight excluding hydrogens is 351 g/mol. The third-order valence-corrected chi connectivity index (χ3v) is 5.16. The van der Waals surface area contributed by atoms with Gasteiger partial charge in [0.05, 0.1) is 11.5 Å². The van der Waals surface area contributed by atoms with Crippen molar-refractivity contribution in [1.82, 2.24) is 0 Å². The molecule has 136 valence electrons. The van der Waals surface area contributed by atoms with Crippen LogP contribution in [0.3, 0.4) is 0 Å². The average Bonchev–Trinajstić information content (AvgIpc) is 2.36. The Hall–Kier alpha value is 0.820. The maximum absolute atomic E-state index is 10.5. The van der Waals surface area contributed by atoms with Gasteiger partial charge in [-0.3, -0.25) is 9.11 Å². The normalized spacial score (nSPS) is 12.1. The molecule has 0 fully saturated rings. The summed E-state index contributed by atoms with van der Waals surface area (Å²) in [5.74, 6) is -0.269. The van der Waals surface area contributed by atoms with Crippen molar-refractivity contribution in [1.29, 1.82) is 0 Å². The Balaban J connectivity index is -0.00000220. The summed E-state index contributed by atoms with van der Waals surface area (Å²) in [5, 5.41) is 0. The molecule has 0 aliphatic rings. The Morgan fingerprint density at radius 3 is 0.826 bits per heavy atom. The molecule has 0 saturated heterocycles. The van der Waals surface area contributed by atoms with Crippen molar-refractivity contribution in [2.24, 2.45) is 0 Å². The number of unbranched alkanes of at least 4 members (excludes halogenated alkanes) is 11. The van der Waals surface area contributed by atoms with Crippen molar-refractivity contribution in [3.63, 3.8) is 0 Å². The van der Waals surface area contributed by atoms with Crippen molar-refractivity contribution in [2.45, 2.75) is 77.0 Å². The van der Waals surface area contributed by atoms with Crippen LogP contribution in [-0.2, 0) is 20.2 Å². The van der Waals surface area contributed by atoms with Crippen LogP contribution in [0.15, 0.2) is 0 Å². The monoisotopic (exact) mass is 382 g/mol. The van der Waals surface area contributed by atoms with Crippen LogP contribution >= 0.6 is 0 Å². The summed E-state index contributed by atoms with van der Waals surface area (Å²) in [6, 6.07) is 0. The van der Waals surface area contributed by atoms with Gasteiger partial charge in [-0.15, -0.1) is 0 Å². The first-order valence-corrected chi connectivity index (χ1v) is 11.3. The van der Waals surface area contributed by atoms with Crippen LogP contribution in [0.4, 0.5) is 0 Å². The van der Waals surface area contributed by atoms with Crippen LogP contribution < -0.4 is 29.6 Å². The maximum Gasteiger partial charge on any atom is 1.00 e. The Kier molecular flexibility index (Phi) is 17.1. The molecule has 0 aliphatic carbocycles. The number of rotatable bonds is 15. The smallest absolute Gasteiger partial charge is 1.00 e. The van der Waals surface area contributed by atoms with Crippen LogP contribution in [0.1, 0.15) is 78.5 Å². The first kappa shape index (κ1) is 26.1. The second kappa shape index (κ2) is 15.1. The minimum absolute atomic E-state index is 0. The van der Waals surface area contributed by atoms with E-state index in [1.165, 1.54) is 12.8 Å². The number of hydrogen-bond donors (Lipinski definition) is 2. The third kappa shape index (κ3) is 25.2. The van der Waals surface area contributed by atoms with Gasteiger partial charge in [-0.2, -0.15) is 16.8 Å². The predicted molar refractivity (Wildman–Crippen MR) is 89.3 cm³/mol. The molecule has 0 amide bonds. The van der Waals surface area contributed by atoms with E-state index in [0.29, 0.717) is 12.8 Å². The molecule has 0 radical (unpaired) electrons. The molecule has 6 nitrogen and oxygen atoms in total. The zero-order valence-corrected chi connectivity index (χ0v) is 17.9. The van der Waals surface area contributed by atoms with Crippen LogP contribution in [0.25, 0.3) is 0 Å². The van der Waals surface area contributed by atoms with Crippen LogP contribution in [0, 0.1) is 0 Å². The molecule has 0 bridgehead atoms. The molecule has 23 heavy (non-hydrogen) atoms. The van der Waals surface area contributed by atoms with E-state index in [4.69, 9.17) is 9.11 Å². The summed E-state index contributed by atoms with van der Waals surface area (Å²) in [5.41, 5.74) is 0. The van der Waals surface area contributed by atoms with E-state index in [1.54, 1.807) is 0 Å². The van der Waals surface area contributed by atoms with Crippen LogP contribution in [-0.4, -0.2) is 37.4 Å². The molecule has 0 rings (SSSR count). The molecule has 2 N–H and O–H groups in total. The molecule has 9 heteroatoms. The predicted octanol–water partition coefficient (Wildman–Crippen LogP) is 0.560. The summed E-state index contributed by atoms with van der Waals surface area (Å²) in [6.45, 7) is 0. The minimum Gasteiger partial charge on any atom is -1.00 e. The van der Waals surface area contributed by atoms with E-state index in [-0.39, 0.29) is 42.5 Å². The minimum atomic E-state index is -3.79. The summed E-state index contributed by atoms with van der Waals surface area (Å²) in [4.78, 5) is 0. The average molecular weight is 383 g/mol. The van der Waals surface area contributed by atoms with Gasteiger partial charge in [-0.05, 0) is 12.8 Å². The van der Waals surface area contributed by atoms with Gasteiger partial charge in [0.1, 0.15) is 0 Å². The molecule has 0 aliphatic heterocycles. The fourth-order valence-corrected chi connectivity index (χ4v) is 3.47. The van der Waals surface area contributed by atoms with Crippen LogP contribution in [0.2, 0.25) is 0 Å². The first-order valence-electron chi connectivity index (χ1n) is 8.11. The van der Waals surface area contributed by atoms with E-state index in [0.717, 1.165) is 51.4 Å². The Morgan fingerprint density at radius 1 is 0.478 bits per heavy atom. The van der Waals surface area contributed by atoms with Gasteiger partial charge in [-0.25, -0.2) is 0 Å². The Bertz CT molecular complexity index is 424. The van der Waals surface area contributed by atoms with Crippen molar-refractivity contribution in [3.8, 4) is 0 Å². The Morgan fingerprint density at radius 2 is 0.652 bits per heavy atom. The van der Waals surface area contributed by atoms with E-state index in [9.17, 15) is 16.8 Å². The summed E-state index contributed by atoms with van der Waals surface area (Å²) in [7, 11) is -7.59. The standard InChI is InChI=1S/C14H30O6S2.Na.H/c15-21(16,17)13-11-9-7-5-3-1-2-4-6-8-10-12-14-22(18,19)20;;/h1-14H2,(H,15,16,17)(H,18,19,20);;/q;+1;-1. The van der Waals surface area contributed by atoms with Crippen molar-refractivity contribution in [2.75, 3.05) is 11.5 Å². The van der Waals surface area contributed by atoms with Gasteiger partial charge >= 0.3 is 29.6 Å². The zero-order chi connectivity index (χ0) is 16.9. The summed E-state index contributed by atoms with van der Waals surface area (Å²) >= 11 is 0. The second-order valence-corrected chi connectivity index (χ2v) is 8.96. The fourth-order valence-electron chi connectivity index (χ4n) is 2.34. The molecule has 0 aromatic rings. The van der Waals surface area contributed by atoms with Crippen molar-refractivity contribution < 1.29 is 56.9 Å². The number of hydrogen-bond acceptors (Lipinski definition) is 4. The van der Waals surface area contributed by atoms with Gasteiger partial charge in [0.25, 0.3) is 20.2 Å². The van der Waals surface area contributed by atoms with Crippen LogP contribution in [0.5, 0.6) is 0 Å². The summed E-state index contributed by atoms with van der Waals surface area (Å²) < 4.78 is 59.1. The Labute approximate surface area is 165 Å². The summed E-state index contributed by atoms with van der Waals surface area (Å²) in [6.07, 6.45) is 11.6. The quantitative estimate of drug-likeness (QED) is 0.243. The molecule has 0 atom stereocenters. The second-order valence-electron chi connectivity index (χ2n) is 5.81. The molecule has 0 spiro atoms. The van der Waals surface area contributed by atoms with Gasteiger partial charge in [0.15, 0.2) is 0 Å². The molecule has 0 aromatic heterocycles. The molecule has 0 saturated carbocycles. The van der Waals surface area contributed by atoms with Crippen molar-refractivity contribution in [3.05, 3.63) is 0 Å². The van der Waals surface area contributed by atoms with Gasteiger partial charge < -0.3 is 1.43 Å². The van der Waals surface area contributed by atoms with Gasteiger partial charge in [-0.1, -0.05) is 64.2 Å². The zero-order valence-electron chi connectivity index (χ0n) is 15.2. The van der Waals surface area contributed by atoms with Crippen molar-refractivity contribution >= 4 is 20.2 Å². The maximum atomic E-state index is 10.5. The van der Waals surface area contributed by atoms with Gasteiger partial charge in [0.2, 0.25) is 0 Å². The molecule has 0 aromatic carbocycles. The van der Waals surface area contributed by atoms with E-state index in [2.05, 4.69) is 0 Å². The van der Waals surface area contributed by atoms with E-state index < -0.39 is 20.2 Å². The molecular formula is C14H31NaO6S2. The van der Waals surface area contributed by atoms with Gasteiger partial charge in [0, 0.05) is 0 Å². The largest absolute Gasteiger partial charge is 1.00 e. The van der Waals surface area contributed by atoms with E-state index in [1.807, 2.05) is 0 Å². The fraction of sp³-hybridized carbons (Fsp3) is 1.00. The molecule has 0 heterocycles. The SMILES string of the molecule is O=S(=O)(O)CCCCCCCCCCCCCCS(=O)(=O)O.[H-].[Na+]. The van der Waals surface area contributed by atoms with E-state index >= 15 is 0 Å².